The first-order chi connectivity index (χ1) is 9.81. The van der Waals surface area contributed by atoms with Gasteiger partial charge in [-0.1, -0.05) is 27.7 Å². The van der Waals surface area contributed by atoms with Crippen LogP contribution >= 0.6 is 0 Å². The molecule has 1 atom stereocenters. The number of hydrogen-bond donors (Lipinski definition) is 1. The molecular weight excluding hydrogens is 265 g/mol. The van der Waals surface area contributed by atoms with E-state index in [0.717, 1.165) is 38.2 Å². The van der Waals surface area contributed by atoms with Crippen LogP contribution in [0.15, 0.2) is 18.3 Å². The molecule has 1 heterocycles. The fourth-order valence-electron chi connectivity index (χ4n) is 2.50. The van der Waals surface area contributed by atoms with E-state index >= 15 is 0 Å². The van der Waals surface area contributed by atoms with Crippen LogP contribution < -0.4 is 5.32 Å². The van der Waals surface area contributed by atoms with Crippen molar-refractivity contribution in [1.82, 2.24) is 15.2 Å². The standard InChI is InChI=1S/C17H30FN3/c1-6-10-19-16(15-8-7-14(18)12-20-15)9-11-21(5)13-17(2,3)4/h7-8,12,16,19H,6,9-11,13H2,1-5H3. The number of rotatable bonds is 8. The Morgan fingerprint density at radius 2 is 2.05 bits per heavy atom. The van der Waals surface area contributed by atoms with Gasteiger partial charge in [0.1, 0.15) is 5.82 Å². The average Bonchev–Trinajstić information content (AvgIpc) is 2.38. The Morgan fingerprint density at radius 3 is 2.57 bits per heavy atom. The van der Waals surface area contributed by atoms with Crippen molar-refractivity contribution < 1.29 is 4.39 Å². The molecule has 1 unspecified atom stereocenters. The summed E-state index contributed by atoms with van der Waals surface area (Å²) in [6, 6.07) is 3.46. The zero-order valence-electron chi connectivity index (χ0n) is 14.1. The van der Waals surface area contributed by atoms with Crippen LogP contribution in [0.4, 0.5) is 4.39 Å². The summed E-state index contributed by atoms with van der Waals surface area (Å²) in [5.41, 5.74) is 1.23. The molecule has 4 heteroatoms. The summed E-state index contributed by atoms with van der Waals surface area (Å²) in [6.07, 6.45) is 3.36. The highest BCUT2D eigenvalue weighted by molar-refractivity contribution is 5.10. The average molecular weight is 295 g/mol. The SMILES string of the molecule is CCCNC(CCN(C)CC(C)(C)C)c1ccc(F)cn1. The van der Waals surface area contributed by atoms with Crippen LogP contribution in [0, 0.1) is 11.2 Å². The minimum Gasteiger partial charge on any atom is -0.309 e. The van der Waals surface area contributed by atoms with E-state index in [9.17, 15) is 4.39 Å². The molecule has 0 saturated heterocycles. The molecule has 0 saturated carbocycles. The minimum absolute atomic E-state index is 0.188. The first-order valence-electron chi connectivity index (χ1n) is 7.85. The molecule has 0 aromatic carbocycles. The lowest BCUT2D eigenvalue weighted by atomic mass is 9.96. The quantitative estimate of drug-likeness (QED) is 0.794. The van der Waals surface area contributed by atoms with E-state index in [1.165, 1.54) is 12.3 Å². The van der Waals surface area contributed by atoms with Crippen LogP contribution in [0.5, 0.6) is 0 Å². The van der Waals surface area contributed by atoms with E-state index in [1.54, 1.807) is 6.07 Å². The number of hydrogen-bond acceptors (Lipinski definition) is 3. The number of nitrogens with zero attached hydrogens (tertiary/aromatic N) is 2. The third-order valence-corrected chi connectivity index (χ3v) is 3.29. The lowest BCUT2D eigenvalue weighted by Gasteiger charge is -2.28. The zero-order chi connectivity index (χ0) is 15.9. The van der Waals surface area contributed by atoms with Gasteiger partial charge < -0.3 is 10.2 Å². The second kappa shape index (κ2) is 8.44. The van der Waals surface area contributed by atoms with Crippen LogP contribution in [0.25, 0.3) is 0 Å². The summed E-state index contributed by atoms with van der Waals surface area (Å²) in [6.45, 7) is 11.9. The van der Waals surface area contributed by atoms with Gasteiger partial charge in [0, 0.05) is 6.54 Å². The molecule has 0 bridgehead atoms. The molecule has 1 rings (SSSR count). The van der Waals surface area contributed by atoms with Crippen molar-refractivity contribution in [3.8, 4) is 0 Å². The molecule has 0 amide bonds. The van der Waals surface area contributed by atoms with Gasteiger partial charge in [0.2, 0.25) is 0 Å². The van der Waals surface area contributed by atoms with Crippen molar-refractivity contribution in [3.05, 3.63) is 29.8 Å². The Hall–Kier alpha value is -1.00. The largest absolute Gasteiger partial charge is 0.309 e. The summed E-state index contributed by atoms with van der Waals surface area (Å²) in [7, 11) is 2.15. The monoisotopic (exact) mass is 295 g/mol. The second-order valence-corrected chi connectivity index (χ2v) is 7.00. The summed E-state index contributed by atoms with van der Waals surface area (Å²) < 4.78 is 13.0. The van der Waals surface area contributed by atoms with E-state index in [1.807, 2.05) is 0 Å². The highest BCUT2D eigenvalue weighted by Crippen LogP contribution is 2.18. The Kier molecular flexibility index (Phi) is 7.26. The second-order valence-electron chi connectivity index (χ2n) is 7.00. The van der Waals surface area contributed by atoms with Crippen molar-refractivity contribution >= 4 is 0 Å². The summed E-state index contributed by atoms with van der Waals surface area (Å²) >= 11 is 0. The molecule has 0 aliphatic rings. The molecule has 0 radical (unpaired) electrons. The van der Waals surface area contributed by atoms with Crippen LogP contribution in [0.2, 0.25) is 0 Å². The van der Waals surface area contributed by atoms with Crippen LogP contribution in [0.3, 0.4) is 0 Å². The maximum absolute atomic E-state index is 13.0. The first-order valence-corrected chi connectivity index (χ1v) is 7.85. The van der Waals surface area contributed by atoms with Gasteiger partial charge in [-0.2, -0.15) is 0 Å². The highest BCUT2D eigenvalue weighted by Gasteiger charge is 2.16. The summed E-state index contributed by atoms with van der Waals surface area (Å²) in [4.78, 5) is 6.58. The molecular formula is C17H30FN3. The number of aromatic nitrogens is 1. The molecule has 21 heavy (non-hydrogen) atoms. The number of nitrogens with one attached hydrogen (secondary N) is 1. The molecule has 3 nitrogen and oxygen atoms in total. The van der Waals surface area contributed by atoms with Gasteiger partial charge in [-0.25, -0.2) is 4.39 Å². The Morgan fingerprint density at radius 1 is 1.33 bits per heavy atom. The van der Waals surface area contributed by atoms with E-state index in [0.29, 0.717) is 5.41 Å². The molecule has 0 aliphatic carbocycles. The first kappa shape index (κ1) is 18.1. The highest BCUT2D eigenvalue weighted by atomic mass is 19.1. The zero-order valence-corrected chi connectivity index (χ0v) is 14.1. The van der Waals surface area contributed by atoms with E-state index in [2.05, 4.69) is 49.9 Å². The van der Waals surface area contributed by atoms with Gasteiger partial charge in [0.15, 0.2) is 0 Å². The normalized spacial score (nSPS) is 13.7. The van der Waals surface area contributed by atoms with Crippen LogP contribution in [-0.4, -0.2) is 36.6 Å². The van der Waals surface area contributed by atoms with Gasteiger partial charge in [-0.15, -0.1) is 0 Å². The smallest absolute Gasteiger partial charge is 0.141 e. The third-order valence-electron chi connectivity index (χ3n) is 3.29. The number of pyridine rings is 1. The molecule has 120 valence electrons. The maximum atomic E-state index is 13.0. The lowest BCUT2D eigenvalue weighted by Crippen LogP contribution is -2.33. The Bertz CT molecular complexity index is 397. The van der Waals surface area contributed by atoms with Crippen molar-refractivity contribution in [2.75, 3.05) is 26.7 Å². The fraction of sp³-hybridized carbons (Fsp3) is 0.706. The Labute approximate surface area is 129 Å². The third kappa shape index (κ3) is 7.53. The van der Waals surface area contributed by atoms with Crippen molar-refractivity contribution in [3.63, 3.8) is 0 Å². The fourth-order valence-corrected chi connectivity index (χ4v) is 2.50. The van der Waals surface area contributed by atoms with Gasteiger partial charge in [0.05, 0.1) is 17.9 Å². The van der Waals surface area contributed by atoms with Crippen molar-refractivity contribution in [1.29, 1.82) is 0 Å². The van der Waals surface area contributed by atoms with E-state index in [-0.39, 0.29) is 11.9 Å². The minimum atomic E-state index is -0.280. The molecule has 1 aromatic rings. The molecule has 1 aromatic heterocycles. The topological polar surface area (TPSA) is 28.2 Å². The van der Waals surface area contributed by atoms with Crippen molar-refractivity contribution in [2.45, 2.75) is 46.6 Å². The lowest BCUT2D eigenvalue weighted by molar-refractivity contribution is 0.217. The van der Waals surface area contributed by atoms with Gasteiger partial charge in [-0.05, 0) is 50.5 Å². The predicted octanol–water partition coefficient (Wildman–Crippen LogP) is 3.63. The van der Waals surface area contributed by atoms with E-state index < -0.39 is 0 Å². The summed E-state index contributed by atoms with van der Waals surface area (Å²) in [5, 5.41) is 3.51. The van der Waals surface area contributed by atoms with Crippen molar-refractivity contribution in [2.24, 2.45) is 5.41 Å². The van der Waals surface area contributed by atoms with Crippen LogP contribution in [0.1, 0.15) is 52.3 Å². The molecule has 0 spiro atoms. The maximum Gasteiger partial charge on any atom is 0.141 e. The van der Waals surface area contributed by atoms with E-state index in [4.69, 9.17) is 0 Å². The molecule has 0 fully saturated rings. The van der Waals surface area contributed by atoms with Crippen LogP contribution in [-0.2, 0) is 0 Å². The predicted molar refractivity (Wildman–Crippen MR) is 86.8 cm³/mol. The van der Waals surface area contributed by atoms with Gasteiger partial charge in [0.25, 0.3) is 0 Å². The number of halogens is 1. The van der Waals surface area contributed by atoms with Gasteiger partial charge >= 0.3 is 0 Å². The summed E-state index contributed by atoms with van der Waals surface area (Å²) in [5.74, 6) is -0.280. The molecule has 1 N–H and O–H groups in total. The van der Waals surface area contributed by atoms with Gasteiger partial charge in [-0.3, -0.25) is 4.98 Å². The molecule has 0 aliphatic heterocycles. The Balaban J connectivity index is 2.60.